The summed E-state index contributed by atoms with van der Waals surface area (Å²) in [5, 5.41) is 0. The summed E-state index contributed by atoms with van der Waals surface area (Å²) in [6.07, 6.45) is 1.26. The van der Waals surface area contributed by atoms with Gasteiger partial charge >= 0.3 is 0 Å². The van der Waals surface area contributed by atoms with E-state index in [4.69, 9.17) is 4.74 Å². The van der Waals surface area contributed by atoms with Gasteiger partial charge in [0.25, 0.3) is 0 Å². The number of likely N-dealkylation sites (N-methyl/N-ethyl adjacent to an activating group) is 2. The monoisotopic (exact) mass is 268 g/mol. The number of rotatable bonds is 3. The van der Waals surface area contributed by atoms with Crippen molar-refractivity contribution in [2.45, 2.75) is 12.6 Å². The van der Waals surface area contributed by atoms with Gasteiger partial charge in [-0.3, -0.25) is 0 Å². The minimum atomic E-state index is 0.323. The molecular weight excluding hydrogens is 248 g/mol. The maximum atomic E-state index is 5.47. The van der Waals surface area contributed by atoms with Crippen LogP contribution >= 0.6 is 0 Å². The predicted molar refractivity (Wildman–Crippen MR) is 83.7 cm³/mol. The Balaban J connectivity index is 1.90. The fourth-order valence-electron chi connectivity index (χ4n) is 2.98. The second-order valence-electron chi connectivity index (χ2n) is 5.21. The van der Waals surface area contributed by atoms with Crippen LogP contribution in [-0.2, 0) is 6.42 Å². The van der Waals surface area contributed by atoms with Gasteiger partial charge in [-0.05, 0) is 23.8 Å². The SMILES string of the molecule is COc1ccccc1CC1N(C)c2ccccc2N1C. The van der Waals surface area contributed by atoms with Gasteiger partial charge in [0.1, 0.15) is 11.9 Å². The van der Waals surface area contributed by atoms with E-state index < -0.39 is 0 Å². The molecule has 0 aromatic heterocycles. The smallest absolute Gasteiger partial charge is 0.122 e. The molecule has 20 heavy (non-hydrogen) atoms. The summed E-state index contributed by atoms with van der Waals surface area (Å²) in [5.74, 6) is 0.963. The molecule has 104 valence electrons. The minimum absolute atomic E-state index is 0.323. The molecule has 1 heterocycles. The molecule has 0 N–H and O–H groups in total. The third-order valence-electron chi connectivity index (χ3n) is 4.13. The first-order valence-corrected chi connectivity index (χ1v) is 6.89. The molecule has 1 aliphatic rings. The quantitative estimate of drug-likeness (QED) is 0.850. The topological polar surface area (TPSA) is 15.7 Å². The Labute approximate surface area is 120 Å². The van der Waals surface area contributed by atoms with E-state index in [0.717, 1.165) is 12.2 Å². The van der Waals surface area contributed by atoms with Crippen LogP contribution in [0.5, 0.6) is 5.75 Å². The second kappa shape index (κ2) is 5.08. The standard InChI is InChI=1S/C17H20N2O/c1-18-14-9-5-6-10-15(14)19(2)17(18)12-13-8-4-7-11-16(13)20-3/h4-11,17H,12H2,1-3H3. The molecule has 0 unspecified atom stereocenters. The van der Waals surface area contributed by atoms with Crippen LogP contribution in [0.1, 0.15) is 5.56 Å². The van der Waals surface area contributed by atoms with Crippen molar-refractivity contribution < 1.29 is 4.74 Å². The van der Waals surface area contributed by atoms with Crippen LogP contribution in [0.2, 0.25) is 0 Å². The number of ether oxygens (including phenoxy) is 1. The molecule has 2 aromatic carbocycles. The molecule has 0 amide bonds. The minimum Gasteiger partial charge on any atom is -0.496 e. The van der Waals surface area contributed by atoms with Crippen LogP contribution in [0.15, 0.2) is 48.5 Å². The molecule has 0 aliphatic carbocycles. The summed E-state index contributed by atoms with van der Waals surface area (Å²) >= 11 is 0. The van der Waals surface area contributed by atoms with E-state index in [1.807, 2.05) is 12.1 Å². The Kier molecular flexibility index (Phi) is 3.26. The van der Waals surface area contributed by atoms with Crippen LogP contribution in [0.3, 0.4) is 0 Å². The third kappa shape index (κ3) is 1.99. The van der Waals surface area contributed by atoms with Gasteiger partial charge in [0.05, 0.1) is 18.5 Å². The predicted octanol–water partition coefficient (Wildman–Crippen LogP) is 3.15. The Hall–Kier alpha value is -2.16. The van der Waals surface area contributed by atoms with Crippen LogP contribution in [-0.4, -0.2) is 27.4 Å². The van der Waals surface area contributed by atoms with Crippen molar-refractivity contribution in [3.05, 3.63) is 54.1 Å². The van der Waals surface area contributed by atoms with Crippen molar-refractivity contribution in [1.29, 1.82) is 0 Å². The molecule has 3 nitrogen and oxygen atoms in total. The number of para-hydroxylation sites is 3. The number of benzene rings is 2. The average Bonchev–Trinajstić information content (AvgIpc) is 2.73. The van der Waals surface area contributed by atoms with Gasteiger partial charge in [0.15, 0.2) is 0 Å². The van der Waals surface area contributed by atoms with Gasteiger partial charge in [-0.1, -0.05) is 30.3 Å². The lowest BCUT2D eigenvalue weighted by Gasteiger charge is -2.28. The Bertz CT molecular complexity index is 582. The van der Waals surface area contributed by atoms with E-state index in [0.29, 0.717) is 6.17 Å². The highest BCUT2D eigenvalue weighted by Gasteiger charge is 2.31. The highest BCUT2D eigenvalue weighted by atomic mass is 16.5. The van der Waals surface area contributed by atoms with Crippen LogP contribution < -0.4 is 14.5 Å². The molecule has 2 aromatic rings. The molecule has 3 heteroatoms. The van der Waals surface area contributed by atoms with Crippen LogP contribution in [0, 0.1) is 0 Å². The number of nitrogens with zero attached hydrogens (tertiary/aromatic N) is 2. The summed E-state index contributed by atoms with van der Waals surface area (Å²) in [4.78, 5) is 4.67. The number of methoxy groups -OCH3 is 1. The molecule has 0 atom stereocenters. The summed E-state index contributed by atoms with van der Waals surface area (Å²) in [5.41, 5.74) is 3.82. The zero-order valence-corrected chi connectivity index (χ0v) is 12.2. The Morgan fingerprint density at radius 2 is 1.45 bits per heavy atom. The fourth-order valence-corrected chi connectivity index (χ4v) is 2.98. The first-order chi connectivity index (χ1) is 9.72. The zero-order chi connectivity index (χ0) is 14.1. The number of hydrogen-bond acceptors (Lipinski definition) is 3. The van der Waals surface area contributed by atoms with Gasteiger partial charge < -0.3 is 14.5 Å². The maximum absolute atomic E-state index is 5.47. The number of fused-ring (bicyclic) bond motifs is 1. The van der Waals surface area contributed by atoms with E-state index in [1.54, 1.807) is 7.11 Å². The lowest BCUT2D eigenvalue weighted by molar-refractivity contribution is 0.407. The first-order valence-electron chi connectivity index (χ1n) is 6.89. The first kappa shape index (κ1) is 12.9. The number of anilines is 2. The van der Waals surface area contributed by atoms with E-state index in [2.05, 4.69) is 60.3 Å². The molecule has 1 aliphatic heterocycles. The van der Waals surface area contributed by atoms with E-state index in [1.165, 1.54) is 16.9 Å². The van der Waals surface area contributed by atoms with Crippen molar-refractivity contribution >= 4 is 11.4 Å². The summed E-state index contributed by atoms with van der Waals surface area (Å²) in [6, 6.07) is 16.8. The molecule has 0 fully saturated rings. The Morgan fingerprint density at radius 1 is 0.900 bits per heavy atom. The largest absolute Gasteiger partial charge is 0.496 e. The summed E-state index contributed by atoms with van der Waals surface area (Å²) in [7, 11) is 6.04. The maximum Gasteiger partial charge on any atom is 0.122 e. The highest BCUT2D eigenvalue weighted by molar-refractivity contribution is 5.77. The average molecular weight is 268 g/mol. The lowest BCUT2D eigenvalue weighted by Crippen LogP contribution is -2.40. The molecule has 0 saturated carbocycles. The van der Waals surface area contributed by atoms with Gasteiger partial charge in [-0.25, -0.2) is 0 Å². The van der Waals surface area contributed by atoms with E-state index in [-0.39, 0.29) is 0 Å². The summed E-state index contributed by atoms with van der Waals surface area (Å²) < 4.78 is 5.47. The Morgan fingerprint density at radius 3 is 2.05 bits per heavy atom. The molecular formula is C17H20N2O. The third-order valence-corrected chi connectivity index (χ3v) is 4.13. The summed E-state index contributed by atoms with van der Waals surface area (Å²) in [6.45, 7) is 0. The molecule has 0 bridgehead atoms. The van der Waals surface area contributed by atoms with Gasteiger partial charge in [0.2, 0.25) is 0 Å². The normalized spacial score (nSPS) is 14.6. The van der Waals surface area contributed by atoms with Crippen molar-refractivity contribution in [1.82, 2.24) is 0 Å². The van der Waals surface area contributed by atoms with E-state index in [9.17, 15) is 0 Å². The van der Waals surface area contributed by atoms with Gasteiger partial charge in [-0.2, -0.15) is 0 Å². The molecule has 3 rings (SSSR count). The molecule has 0 radical (unpaired) electrons. The van der Waals surface area contributed by atoms with Crippen molar-refractivity contribution in [2.75, 3.05) is 31.0 Å². The fraction of sp³-hybridized carbons (Fsp3) is 0.294. The highest BCUT2D eigenvalue weighted by Crippen LogP contribution is 2.38. The van der Waals surface area contributed by atoms with Crippen molar-refractivity contribution in [3.8, 4) is 5.75 Å². The van der Waals surface area contributed by atoms with Gasteiger partial charge in [-0.15, -0.1) is 0 Å². The van der Waals surface area contributed by atoms with Crippen LogP contribution in [0.4, 0.5) is 11.4 Å². The van der Waals surface area contributed by atoms with Crippen molar-refractivity contribution in [2.24, 2.45) is 0 Å². The second-order valence-corrected chi connectivity index (χ2v) is 5.21. The van der Waals surface area contributed by atoms with E-state index >= 15 is 0 Å². The van der Waals surface area contributed by atoms with Crippen molar-refractivity contribution in [3.63, 3.8) is 0 Å². The van der Waals surface area contributed by atoms with Gasteiger partial charge in [0, 0.05) is 20.5 Å². The molecule has 0 saturated heterocycles. The van der Waals surface area contributed by atoms with Crippen LogP contribution in [0.25, 0.3) is 0 Å². The lowest BCUT2D eigenvalue weighted by atomic mass is 10.1. The molecule has 0 spiro atoms. The number of hydrogen-bond donors (Lipinski definition) is 0. The zero-order valence-electron chi connectivity index (χ0n) is 12.2.